The molecule has 3 nitrogen and oxygen atoms in total. The van der Waals surface area contributed by atoms with Crippen LogP contribution in [0.25, 0.3) is 0 Å². The van der Waals surface area contributed by atoms with Crippen LogP contribution in [0, 0.1) is 6.92 Å². The Bertz CT molecular complexity index is 392. The highest BCUT2D eigenvalue weighted by molar-refractivity contribution is 6.73. The van der Waals surface area contributed by atoms with Gasteiger partial charge in [0, 0.05) is 6.20 Å². The van der Waals surface area contributed by atoms with Crippen molar-refractivity contribution in [1.29, 1.82) is 0 Å². The first-order valence-corrected chi connectivity index (χ1v) is 4.11. The molecule has 0 aliphatic heterocycles. The second-order valence-corrected chi connectivity index (χ2v) is 2.99. The van der Waals surface area contributed by atoms with Crippen molar-refractivity contribution in [1.82, 2.24) is 4.98 Å². The van der Waals surface area contributed by atoms with E-state index in [0.717, 1.165) is 13.2 Å². The van der Waals surface area contributed by atoms with Crippen molar-refractivity contribution in [3.05, 3.63) is 23.5 Å². The third-order valence-electron chi connectivity index (χ3n) is 1.90. The fraction of sp³-hybridized carbons (Fsp3) is 0.250. The number of aromatic nitrogens is 1. The number of carbonyl (C=O) groups excluding carboxylic acids is 1. The molecule has 0 aromatic carbocycles. The molecule has 0 aliphatic carbocycles. The summed E-state index contributed by atoms with van der Waals surface area (Å²) in [5, 5.41) is 0. The number of pyridine rings is 1. The van der Waals surface area contributed by atoms with Crippen molar-refractivity contribution >= 4 is 18.4 Å². The van der Waals surface area contributed by atoms with E-state index in [1.165, 1.54) is 6.92 Å². The summed E-state index contributed by atoms with van der Waals surface area (Å²) in [4.78, 5) is 14.4. The van der Waals surface area contributed by atoms with Crippen LogP contribution in [0.15, 0.2) is 12.3 Å². The van der Waals surface area contributed by atoms with Gasteiger partial charge in [0.2, 0.25) is 0 Å². The molecule has 0 fully saturated rings. The zero-order valence-electron chi connectivity index (χ0n) is 8.13. The largest absolute Gasteiger partial charge is 0.511 e. The molecule has 1 aromatic heterocycles. The Morgan fingerprint density at radius 3 is 2.47 bits per heavy atom. The number of ether oxygens (including phenoxy) is 1. The molecule has 1 rings (SSSR count). The van der Waals surface area contributed by atoms with Gasteiger partial charge >= 0.3 is 12.9 Å². The molecule has 0 N–H and O–H groups in total. The fourth-order valence-electron chi connectivity index (χ4n) is 1.13. The van der Waals surface area contributed by atoms with Gasteiger partial charge in [0.25, 0.3) is 0 Å². The molecule has 0 saturated carbocycles. The average Bonchev–Trinajstić information content (AvgIpc) is 2.14. The Labute approximate surface area is 84.3 Å². The van der Waals surface area contributed by atoms with E-state index >= 15 is 0 Å². The van der Waals surface area contributed by atoms with Crippen molar-refractivity contribution in [2.45, 2.75) is 6.92 Å². The molecule has 0 saturated heterocycles. The van der Waals surface area contributed by atoms with Crippen LogP contribution in [0.1, 0.15) is 16.1 Å². The van der Waals surface area contributed by atoms with E-state index in [-0.39, 0.29) is 11.3 Å². The maximum atomic E-state index is 12.4. The topological polar surface area (TPSA) is 39.2 Å². The Balaban J connectivity index is 3.15. The maximum Gasteiger partial charge on any atom is 0.511 e. The number of methoxy groups -OCH3 is 1. The third kappa shape index (κ3) is 2.48. The highest BCUT2D eigenvalue weighted by Crippen LogP contribution is 2.12. The van der Waals surface area contributed by atoms with Crippen molar-refractivity contribution in [2.24, 2.45) is 0 Å². The lowest BCUT2D eigenvalue weighted by Crippen LogP contribution is -2.36. The van der Waals surface area contributed by atoms with Crippen LogP contribution in [0.4, 0.5) is 12.9 Å². The molecule has 15 heavy (non-hydrogen) atoms. The van der Waals surface area contributed by atoms with Gasteiger partial charge in [0.15, 0.2) is 0 Å². The average molecular weight is 218 g/mol. The van der Waals surface area contributed by atoms with Crippen LogP contribution in [0.5, 0.6) is 0 Å². The van der Waals surface area contributed by atoms with Gasteiger partial charge in [-0.1, -0.05) is 11.0 Å². The van der Waals surface area contributed by atoms with Gasteiger partial charge in [-0.2, -0.15) is 0 Å². The fourth-order valence-corrected chi connectivity index (χ4v) is 1.13. The lowest BCUT2D eigenvalue weighted by molar-refractivity contribution is 0.0594. The van der Waals surface area contributed by atoms with Crippen LogP contribution in [-0.4, -0.2) is 25.0 Å². The van der Waals surface area contributed by atoms with E-state index in [2.05, 4.69) is 9.72 Å². The van der Waals surface area contributed by atoms with E-state index in [1.807, 2.05) is 0 Å². The Kier molecular flexibility index (Phi) is 3.02. The summed E-state index contributed by atoms with van der Waals surface area (Å²) in [6.45, 7) is -3.81. The normalized spacial score (nSPS) is 11.3. The maximum absolute atomic E-state index is 12.4. The Morgan fingerprint density at radius 1 is 1.47 bits per heavy atom. The summed E-state index contributed by atoms with van der Waals surface area (Å²) in [5.41, 5.74) is -0.945. The van der Waals surface area contributed by atoms with Crippen LogP contribution >= 0.6 is 0 Å². The number of hydrogen-bond acceptors (Lipinski definition) is 3. The first-order valence-electron chi connectivity index (χ1n) is 4.11. The summed E-state index contributed by atoms with van der Waals surface area (Å²) in [5.74, 6) is -0.751. The van der Waals surface area contributed by atoms with Crippen LogP contribution in [0.3, 0.4) is 0 Å². The monoisotopic (exact) mass is 218 g/mol. The number of rotatable bonds is 2. The summed E-state index contributed by atoms with van der Waals surface area (Å²) < 4.78 is 41.4. The van der Waals surface area contributed by atoms with Gasteiger partial charge in [-0.25, -0.2) is 4.79 Å². The molecule has 0 bridgehead atoms. The summed E-state index contributed by atoms with van der Waals surface area (Å²) in [6.07, 6.45) is 0.654. The molecule has 1 aromatic rings. The molecule has 0 amide bonds. The number of halogens is 3. The lowest BCUT2D eigenvalue weighted by Gasteiger charge is -2.17. The van der Waals surface area contributed by atoms with Gasteiger partial charge in [-0.3, -0.25) is 4.98 Å². The predicted molar refractivity (Wildman–Crippen MR) is 49.0 cm³/mol. The van der Waals surface area contributed by atoms with Crippen LogP contribution in [-0.2, 0) is 4.74 Å². The minimum Gasteiger partial charge on any atom is -0.464 e. The number of hydrogen-bond donors (Lipinski definition) is 0. The highest BCUT2D eigenvalue weighted by atomic mass is 19.4. The van der Waals surface area contributed by atoms with Crippen molar-refractivity contribution in [2.75, 3.05) is 7.11 Å². The number of aryl methyl sites for hydroxylation is 1. The Morgan fingerprint density at radius 2 is 2.07 bits per heavy atom. The molecular weight excluding hydrogens is 210 g/mol. The molecule has 0 spiro atoms. The van der Waals surface area contributed by atoms with Crippen LogP contribution in [0.2, 0.25) is 0 Å². The van der Waals surface area contributed by atoms with Gasteiger partial charge in [0.1, 0.15) is 5.69 Å². The Hall–Kier alpha value is -1.53. The van der Waals surface area contributed by atoms with E-state index in [1.54, 1.807) is 0 Å². The minimum absolute atomic E-state index is 0.0297. The van der Waals surface area contributed by atoms with Gasteiger partial charge in [0.05, 0.1) is 7.11 Å². The molecule has 0 radical (unpaired) electrons. The third-order valence-corrected chi connectivity index (χ3v) is 1.90. The molecule has 0 unspecified atom stereocenters. The zero-order chi connectivity index (χ0) is 11.6. The predicted octanol–water partition coefficient (Wildman–Crippen LogP) is 1.23. The van der Waals surface area contributed by atoms with Gasteiger partial charge in [-0.05, 0) is 13.0 Å². The van der Waals surface area contributed by atoms with Gasteiger partial charge < -0.3 is 17.7 Å². The SMILES string of the molecule is COC(=O)c1cc(C)c([B-](F)(F)F)cn1. The molecule has 0 atom stereocenters. The second-order valence-electron chi connectivity index (χ2n) is 2.99. The van der Waals surface area contributed by atoms with E-state index in [9.17, 15) is 17.7 Å². The minimum atomic E-state index is -5.09. The molecule has 0 aliphatic rings. The summed E-state index contributed by atoms with van der Waals surface area (Å²) >= 11 is 0. The van der Waals surface area contributed by atoms with Gasteiger partial charge in [-0.15, -0.1) is 0 Å². The molecule has 7 heteroatoms. The molecule has 82 valence electrons. The quantitative estimate of drug-likeness (QED) is 0.553. The van der Waals surface area contributed by atoms with Crippen LogP contribution < -0.4 is 5.46 Å². The lowest BCUT2D eigenvalue weighted by atomic mass is 9.78. The first kappa shape index (κ1) is 11.5. The van der Waals surface area contributed by atoms with Crippen molar-refractivity contribution < 1.29 is 22.5 Å². The second kappa shape index (κ2) is 3.92. The van der Waals surface area contributed by atoms with Crippen molar-refractivity contribution in [3.63, 3.8) is 0 Å². The van der Waals surface area contributed by atoms with E-state index in [4.69, 9.17) is 0 Å². The smallest absolute Gasteiger partial charge is 0.464 e. The standard InChI is InChI=1S/C8H8BF3NO2/c1-5-3-7(8(14)15-2)13-4-6(5)9(10,11)12/h3-4H,1-2H3/q-1. The molecule has 1 heterocycles. The number of nitrogens with zero attached hydrogens (tertiary/aromatic N) is 1. The summed E-state index contributed by atoms with van der Waals surface area (Å²) in [7, 11) is 1.14. The summed E-state index contributed by atoms with van der Waals surface area (Å²) in [6, 6.07) is 1.07. The van der Waals surface area contributed by atoms with E-state index in [0.29, 0.717) is 6.20 Å². The number of esters is 1. The van der Waals surface area contributed by atoms with Crippen molar-refractivity contribution in [3.8, 4) is 0 Å². The van der Waals surface area contributed by atoms with E-state index < -0.39 is 18.4 Å². The zero-order valence-corrected chi connectivity index (χ0v) is 8.13. The highest BCUT2D eigenvalue weighted by Gasteiger charge is 2.28. The molecular formula is C8H8BF3NO2-. The first-order chi connectivity index (χ1) is 6.86. The number of carbonyl (C=O) groups is 1.